The van der Waals surface area contributed by atoms with E-state index in [-0.39, 0.29) is 0 Å². The molecule has 7 aromatic carbocycles. The number of aryl methyl sites for hydroxylation is 2. The molecule has 258 valence electrons. The molecular weight excluding hydrogens is 669 g/mol. The first-order valence-electron chi connectivity index (χ1n) is 18.3. The second-order valence-corrected chi connectivity index (χ2v) is 13.9. The van der Waals surface area contributed by atoms with Crippen molar-refractivity contribution in [3.63, 3.8) is 0 Å². The normalized spacial score (nSPS) is 11.1. The van der Waals surface area contributed by atoms with Gasteiger partial charge < -0.3 is 4.57 Å². The van der Waals surface area contributed by atoms with Crippen molar-refractivity contribution in [2.75, 3.05) is 0 Å². The van der Waals surface area contributed by atoms with Gasteiger partial charge in [-0.05, 0) is 89.2 Å². The molecule has 2 heterocycles. The van der Waals surface area contributed by atoms with Crippen molar-refractivity contribution in [3.05, 3.63) is 192 Å². The van der Waals surface area contributed by atoms with Gasteiger partial charge in [0.15, 0.2) is 0 Å². The van der Waals surface area contributed by atoms with Crippen LogP contribution >= 0.6 is 0 Å². The van der Waals surface area contributed by atoms with Crippen molar-refractivity contribution in [1.82, 2.24) is 9.55 Å². The number of rotatable bonds is 6. The quantitative estimate of drug-likeness (QED) is 0.173. The summed E-state index contributed by atoms with van der Waals surface area (Å²) in [5, 5.41) is 24.0. The Balaban J connectivity index is 1.30. The Kier molecular flexibility index (Phi) is 8.35. The molecule has 0 saturated heterocycles. The zero-order valence-electron chi connectivity index (χ0n) is 30.5. The molecule has 55 heavy (non-hydrogen) atoms. The highest BCUT2D eigenvalue weighted by Gasteiger charge is 2.26. The molecule has 0 atom stereocenters. The zero-order valence-corrected chi connectivity index (χ0v) is 30.5. The van der Waals surface area contributed by atoms with Gasteiger partial charge in [0, 0.05) is 33.2 Å². The molecule has 9 aromatic rings. The largest absolute Gasteiger partial charge is 0.309 e. The van der Waals surface area contributed by atoms with Gasteiger partial charge in [-0.25, -0.2) is 4.98 Å². The molecule has 0 aliphatic rings. The fraction of sp³-hybridized carbons (Fsp3) is 0.0392. The number of pyridine rings is 1. The Bertz CT molecular complexity index is 2790. The average Bonchev–Trinajstić information content (AvgIpc) is 3.57. The molecule has 0 aliphatic heterocycles. The lowest BCUT2D eigenvalue weighted by Crippen LogP contribution is -2.05. The molecule has 0 bridgehead atoms. The van der Waals surface area contributed by atoms with Crippen molar-refractivity contribution in [1.29, 1.82) is 10.5 Å². The van der Waals surface area contributed by atoms with Gasteiger partial charge in [0.1, 0.15) is 12.1 Å². The minimum atomic E-state index is 0.389. The fourth-order valence-electron chi connectivity index (χ4n) is 8.05. The van der Waals surface area contributed by atoms with E-state index in [1.54, 1.807) is 0 Å². The predicted molar refractivity (Wildman–Crippen MR) is 225 cm³/mol. The third kappa shape index (κ3) is 5.75. The molecular formula is C51H34N4. The topological polar surface area (TPSA) is 65.4 Å². The van der Waals surface area contributed by atoms with Crippen molar-refractivity contribution >= 4 is 21.8 Å². The average molecular weight is 703 g/mol. The van der Waals surface area contributed by atoms with Gasteiger partial charge in [-0.3, -0.25) is 0 Å². The van der Waals surface area contributed by atoms with Gasteiger partial charge in [-0.2, -0.15) is 10.5 Å². The molecule has 0 N–H and O–H groups in total. The molecule has 2 aromatic heterocycles. The van der Waals surface area contributed by atoms with Crippen LogP contribution in [0.1, 0.15) is 22.3 Å². The van der Waals surface area contributed by atoms with Crippen LogP contribution < -0.4 is 0 Å². The molecule has 0 radical (unpaired) electrons. The van der Waals surface area contributed by atoms with Crippen LogP contribution in [0.25, 0.3) is 83.4 Å². The lowest BCUT2D eigenvalue weighted by molar-refractivity contribution is 1.16. The number of hydrogen-bond donors (Lipinski definition) is 0. The highest BCUT2D eigenvalue weighted by Crippen LogP contribution is 2.43. The molecule has 4 nitrogen and oxygen atoms in total. The summed E-state index contributed by atoms with van der Waals surface area (Å²) in [6.45, 7) is 4.15. The van der Waals surface area contributed by atoms with E-state index in [2.05, 4.69) is 128 Å². The number of aromatic nitrogens is 2. The van der Waals surface area contributed by atoms with Crippen molar-refractivity contribution in [3.8, 4) is 73.7 Å². The van der Waals surface area contributed by atoms with E-state index in [1.807, 2.05) is 72.8 Å². The van der Waals surface area contributed by atoms with Gasteiger partial charge in [-0.15, -0.1) is 0 Å². The molecule has 0 aliphatic carbocycles. The van der Waals surface area contributed by atoms with Gasteiger partial charge in [0.2, 0.25) is 0 Å². The fourth-order valence-corrected chi connectivity index (χ4v) is 8.05. The van der Waals surface area contributed by atoms with Crippen LogP contribution in [0.4, 0.5) is 0 Å². The van der Waals surface area contributed by atoms with Gasteiger partial charge in [-0.1, -0.05) is 133 Å². The van der Waals surface area contributed by atoms with Crippen LogP contribution in [0.5, 0.6) is 0 Å². The van der Waals surface area contributed by atoms with Crippen LogP contribution in [-0.2, 0) is 0 Å². The van der Waals surface area contributed by atoms with Gasteiger partial charge in [0.05, 0.1) is 33.5 Å². The highest BCUT2D eigenvalue weighted by atomic mass is 15.0. The van der Waals surface area contributed by atoms with Gasteiger partial charge >= 0.3 is 0 Å². The van der Waals surface area contributed by atoms with Gasteiger partial charge in [0.25, 0.3) is 0 Å². The Morgan fingerprint density at radius 2 is 0.800 bits per heavy atom. The Morgan fingerprint density at radius 1 is 0.418 bits per heavy atom. The van der Waals surface area contributed by atoms with E-state index in [9.17, 15) is 10.5 Å². The minimum absolute atomic E-state index is 0.389. The SMILES string of the molecule is Cc1cc(-n2c3ccc(-c4ccccc4)cc3c3cc(-c4ccccc4)ccc32)cc(C)c1-c1c(C#N)c(-c2ccccc2)nc(-c2ccccc2)c1C#N. The smallest absolute Gasteiger partial charge is 0.102 e. The number of nitrogens with zero attached hydrogens (tertiary/aromatic N) is 4. The zero-order chi connectivity index (χ0) is 37.5. The maximum Gasteiger partial charge on any atom is 0.102 e. The first-order valence-corrected chi connectivity index (χ1v) is 18.3. The van der Waals surface area contributed by atoms with Crippen LogP contribution in [0.3, 0.4) is 0 Å². The first kappa shape index (κ1) is 33.3. The summed E-state index contributed by atoms with van der Waals surface area (Å²) in [5.74, 6) is 0. The van der Waals surface area contributed by atoms with E-state index in [4.69, 9.17) is 4.98 Å². The lowest BCUT2D eigenvalue weighted by atomic mass is 9.85. The minimum Gasteiger partial charge on any atom is -0.309 e. The predicted octanol–water partition coefficient (Wildman–Crippen LogP) is 12.9. The second kappa shape index (κ2) is 13.8. The number of benzene rings is 7. The van der Waals surface area contributed by atoms with Crippen LogP contribution in [0.15, 0.2) is 170 Å². The Labute approximate surface area is 320 Å². The molecule has 0 fully saturated rings. The van der Waals surface area contributed by atoms with E-state index in [1.165, 1.54) is 21.9 Å². The Hall–Kier alpha value is -7.53. The summed E-state index contributed by atoms with van der Waals surface area (Å²) in [6.07, 6.45) is 0. The van der Waals surface area contributed by atoms with Crippen LogP contribution in [0.2, 0.25) is 0 Å². The molecule has 0 amide bonds. The van der Waals surface area contributed by atoms with Crippen LogP contribution in [-0.4, -0.2) is 9.55 Å². The third-order valence-electron chi connectivity index (χ3n) is 10.5. The Morgan fingerprint density at radius 3 is 1.18 bits per heavy atom. The van der Waals surface area contributed by atoms with E-state index in [0.717, 1.165) is 55.7 Å². The second-order valence-electron chi connectivity index (χ2n) is 13.9. The summed E-state index contributed by atoms with van der Waals surface area (Å²) in [4.78, 5) is 5.04. The van der Waals surface area contributed by atoms with Crippen LogP contribution in [0, 0.1) is 36.5 Å². The molecule has 0 saturated carbocycles. The van der Waals surface area contributed by atoms with E-state index in [0.29, 0.717) is 28.1 Å². The van der Waals surface area contributed by atoms with Crippen molar-refractivity contribution < 1.29 is 0 Å². The summed E-state index contributed by atoms with van der Waals surface area (Å²) < 4.78 is 2.34. The summed E-state index contributed by atoms with van der Waals surface area (Å²) in [7, 11) is 0. The molecule has 9 rings (SSSR count). The first-order chi connectivity index (χ1) is 27.0. The molecule has 4 heteroatoms. The van der Waals surface area contributed by atoms with E-state index >= 15 is 0 Å². The monoisotopic (exact) mass is 702 g/mol. The number of fused-ring (bicyclic) bond motifs is 3. The molecule has 0 unspecified atom stereocenters. The third-order valence-corrected chi connectivity index (χ3v) is 10.5. The van der Waals surface area contributed by atoms with Crippen molar-refractivity contribution in [2.24, 2.45) is 0 Å². The maximum absolute atomic E-state index is 10.8. The number of hydrogen-bond acceptors (Lipinski definition) is 3. The summed E-state index contributed by atoms with van der Waals surface area (Å²) in [5.41, 5.74) is 14.8. The molecule has 0 spiro atoms. The van der Waals surface area contributed by atoms with Crippen molar-refractivity contribution in [2.45, 2.75) is 13.8 Å². The number of nitriles is 2. The van der Waals surface area contributed by atoms with E-state index < -0.39 is 0 Å². The lowest BCUT2D eigenvalue weighted by Gasteiger charge is -2.20. The maximum atomic E-state index is 10.8. The standard InChI is InChI=1S/C51H34N4/c1-33-27-41(28-34(2)48(33)49-44(31-52)50(37-19-11-5-12-20-37)54-51(45(49)32-53)38-21-13-6-14-22-38)55-46-25-23-39(35-15-7-3-8-16-35)29-42(46)43-30-40(24-26-47(43)55)36-17-9-4-10-18-36/h3-30H,1-2H3. The highest BCUT2D eigenvalue weighted by molar-refractivity contribution is 6.11. The summed E-state index contributed by atoms with van der Waals surface area (Å²) >= 11 is 0. The summed E-state index contributed by atoms with van der Waals surface area (Å²) in [6, 6.07) is 63.3.